The van der Waals surface area contributed by atoms with Crippen LogP contribution in [0.5, 0.6) is 11.5 Å². The van der Waals surface area contributed by atoms with E-state index >= 15 is 0 Å². The van der Waals surface area contributed by atoms with Gasteiger partial charge in [-0.15, -0.1) is 0 Å². The summed E-state index contributed by atoms with van der Waals surface area (Å²) in [5.41, 5.74) is 1.80. The summed E-state index contributed by atoms with van der Waals surface area (Å²) in [4.78, 5) is 7.22. The quantitative estimate of drug-likeness (QED) is 0.799. The Labute approximate surface area is 140 Å². The summed E-state index contributed by atoms with van der Waals surface area (Å²) < 4.78 is 6.09. The SMILES string of the molecule is CC1CN(C2=Nc3cc(Cl)ccc3Oc3ccccc32)CCN1. The van der Waals surface area contributed by atoms with Crippen LogP contribution in [0.4, 0.5) is 5.69 Å². The molecule has 1 saturated heterocycles. The first-order chi connectivity index (χ1) is 11.2. The molecule has 1 N–H and O–H groups in total. The van der Waals surface area contributed by atoms with Crippen molar-refractivity contribution in [2.45, 2.75) is 13.0 Å². The first kappa shape index (κ1) is 14.5. The van der Waals surface area contributed by atoms with E-state index in [2.05, 4.69) is 23.2 Å². The van der Waals surface area contributed by atoms with Crippen LogP contribution in [0.1, 0.15) is 12.5 Å². The average molecular weight is 328 g/mol. The number of ether oxygens (including phenoxy) is 1. The molecule has 1 atom stereocenters. The number of aliphatic imine (C=N–C) groups is 1. The number of rotatable bonds is 0. The van der Waals surface area contributed by atoms with Crippen LogP contribution in [0.15, 0.2) is 47.5 Å². The standard InChI is InChI=1S/C18H18ClN3O/c1-12-11-22(9-8-20-12)18-14-4-2-3-5-16(14)23-17-7-6-13(19)10-15(17)21-18/h2-7,10,12,20H,8-9,11H2,1H3. The van der Waals surface area contributed by atoms with Crippen LogP contribution in [0, 0.1) is 0 Å². The Morgan fingerprint density at radius 2 is 2.09 bits per heavy atom. The third-order valence-corrected chi connectivity index (χ3v) is 4.40. The summed E-state index contributed by atoms with van der Waals surface area (Å²) in [5.74, 6) is 2.52. The van der Waals surface area contributed by atoms with Gasteiger partial charge in [0.05, 0.1) is 5.56 Å². The second-order valence-corrected chi connectivity index (χ2v) is 6.38. The van der Waals surface area contributed by atoms with Crippen LogP contribution < -0.4 is 10.1 Å². The zero-order chi connectivity index (χ0) is 15.8. The molecule has 1 fully saturated rings. The fraction of sp³-hybridized carbons (Fsp3) is 0.278. The van der Waals surface area contributed by atoms with Crippen LogP contribution in [-0.2, 0) is 0 Å². The van der Waals surface area contributed by atoms with Gasteiger partial charge in [-0.05, 0) is 37.3 Å². The molecular weight excluding hydrogens is 310 g/mol. The molecule has 4 rings (SSSR count). The number of hydrogen-bond donors (Lipinski definition) is 1. The Hall–Kier alpha value is -2.04. The number of fused-ring (bicyclic) bond motifs is 2. The Morgan fingerprint density at radius 3 is 2.96 bits per heavy atom. The third kappa shape index (κ3) is 2.80. The normalized spacial score (nSPS) is 20.0. The van der Waals surface area contributed by atoms with Gasteiger partial charge in [-0.25, -0.2) is 4.99 Å². The highest BCUT2D eigenvalue weighted by molar-refractivity contribution is 6.31. The first-order valence-corrected chi connectivity index (χ1v) is 8.22. The molecule has 0 spiro atoms. The van der Waals surface area contributed by atoms with Crippen molar-refractivity contribution in [2.24, 2.45) is 4.99 Å². The molecule has 0 aromatic heterocycles. The monoisotopic (exact) mass is 327 g/mol. The lowest BCUT2D eigenvalue weighted by atomic mass is 10.1. The predicted molar refractivity (Wildman–Crippen MR) is 93.2 cm³/mol. The summed E-state index contributed by atoms with van der Waals surface area (Å²) in [5, 5.41) is 4.13. The molecule has 0 saturated carbocycles. The summed E-state index contributed by atoms with van der Waals surface area (Å²) in [6.45, 7) is 4.98. The van der Waals surface area contributed by atoms with Crippen molar-refractivity contribution in [3.8, 4) is 11.5 Å². The summed E-state index contributed by atoms with van der Waals surface area (Å²) in [7, 11) is 0. The van der Waals surface area contributed by atoms with E-state index in [-0.39, 0.29) is 0 Å². The molecule has 5 heteroatoms. The van der Waals surface area contributed by atoms with Crippen molar-refractivity contribution in [3.63, 3.8) is 0 Å². The zero-order valence-corrected chi connectivity index (χ0v) is 13.7. The van der Waals surface area contributed by atoms with Crippen molar-refractivity contribution in [2.75, 3.05) is 19.6 Å². The minimum absolute atomic E-state index is 0.432. The number of para-hydroxylation sites is 1. The lowest BCUT2D eigenvalue weighted by molar-refractivity contribution is 0.304. The second-order valence-electron chi connectivity index (χ2n) is 5.95. The maximum Gasteiger partial charge on any atom is 0.153 e. The molecule has 2 aliphatic heterocycles. The van der Waals surface area contributed by atoms with E-state index in [0.717, 1.165) is 48.2 Å². The van der Waals surface area contributed by atoms with Crippen molar-refractivity contribution in [1.82, 2.24) is 10.2 Å². The maximum atomic E-state index is 6.15. The molecule has 0 bridgehead atoms. The molecule has 4 nitrogen and oxygen atoms in total. The van der Waals surface area contributed by atoms with Gasteiger partial charge >= 0.3 is 0 Å². The predicted octanol–water partition coefficient (Wildman–Crippen LogP) is 3.82. The highest BCUT2D eigenvalue weighted by atomic mass is 35.5. The lowest BCUT2D eigenvalue weighted by Crippen LogP contribution is -2.51. The number of benzene rings is 2. The van der Waals surface area contributed by atoms with E-state index in [1.54, 1.807) is 0 Å². The molecular formula is C18H18ClN3O. The Balaban J connectivity index is 1.86. The van der Waals surface area contributed by atoms with Gasteiger partial charge in [-0.1, -0.05) is 23.7 Å². The van der Waals surface area contributed by atoms with Gasteiger partial charge in [-0.2, -0.15) is 0 Å². The minimum atomic E-state index is 0.432. The van der Waals surface area contributed by atoms with E-state index in [1.165, 1.54) is 0 Å². The van der Waals surface area contributed by atoms with Crippen LogP contribution in [0.25, 0.3) is 0 Å². The third-order valence-electron chi connectivity index (χ3n) is 4.16. The van der Waals surface area contributed by atoms with Gasteiger partial charge in [0.25, 0.3) is 0 Å². The summed E-state index contributed by atoms with van der Waals surface area (Å²) >= 11 is 6.15. The van der Waals surface area contributed by atoms with E-state index in [0.29, 0.717) is 11.1 Å². The van der Waals surface area contributed by atoms with Crippen molar-refractivity contribution in [1.29, 1.82) is 0 Å². The smallest absolute Gasteiger partial charge is 0.153 e. The van der Waals surface area contributed by atoms with E-state index in [4.69, 9.17) is 21.3 Å². The summed E-state index contributed by atoms with van der Waals surface area (Å²) in [6, 6.07) is 14.0. The number of piperazine rings is 1. The fourth-order valence-corrected chi connectivity index (χ4v) is 3.23. The second kappa shape index (κ2) is 5.87. The lowest BCUT2D eigenvalue weighted by Gasteiger charge is -2.34. The summed E-state index contributed by atoms with van der Waals surface area (Å²) in [6.07, 6.45) is 0. The molecule has 0 amide bonds. The maximum absolute atomic E-state index is 6.15. The number of nitrogens with one attached hydrogen (secondary N) is 1. The topological polar surface area (TPSA) is 36.9 Å². The van der Waals surface area contributed by atoms with Crippen LogP contribution in [0.3, 0.4) is 0 Å². The molecule has 0 aliphatic carbocycles. The van der Waals surface area contributed by atoms with Gasteiger partial charge < -0.3 is 15.0 Å². The number of hydrogen-bond acceptors (Lipinski definition) is 4. The Bertz CT molecular complexity index is 775. The highest BCUT2D eigenvalue weighted by Crippen LogP contribution is 2.39. The molecule has 1 unspecified atom stereocenters. The minimum Gasteiger partial charge on any atom is -0.454 e. The van der Waals surface area contributed by atoms with Gasteiger partial charge in [0.15, 0.2) is 5.75 Å². The molecule has 0 radical (unpaired) electrons. The van der Waals surface area contributed by atoms with Gasteiger partial charge in [0.1, 0.15) is 17.3 Å². The van der Waals surface area contributed by atoms with E-state index in [9.17, 15) is 0 Å². The van der Waals surface area contributed by atoms with Gasteiger partial charge in [-0.3, -0.25) is 0 Å². The molecule has 23 heavy (non-hydrogen) atoms. The molecule has 118 valence electrons. The first-order valence-electron chi connectivity index (χ1n) is 7.84. The molecule has 2 aromatic rings. The number of nitrogens with zero attached hydrogens (tertiary/aromatic N) is 2. The Morgan fingerprint density at radius 1 is 1.22 bits per heavy atom. The molecule has 2 heterocycles. The van der Waals surface area contributed by atoms with Crippen molar-refractivity contribution in [3.05, 3.63) is 53.1 Å². The average Bonchev–Trinajstić information content (AvgIpc) is 2.71. The van der Waals surface area contributed by atoms with Gasteiger partial charge in [0.2, 0.25) is 0 Å². The van der Waals surface area contributed by atoms with E-state index < -0.39 is 0 Å². The van der Waals surface area contributed by atoms with Gasteiger partial charge in [0, 0.05) is 30.7 Å². The van der Waals surface area contributed by atoms with E-state index in [1.807, 2.05) is 36.4 Å². The zero-order valence-electron chi connectivity index (χ0n) is 12.9. The largest absolute Gasteiger partial charge is 0.454 e. The van der Waals surface area contributed by atoms with Crippen LogP contribution in [0.2, 0.25) is 5.02 Å². The fourth-order valence-electron chi connectivity index (χ4n) is 3.06. The van der Waals surface area contributed by atoms with Crippen molar-refractivity contribution < 1.29 is 4.74 Å². The highest BCUT2D eigenvalue weighted by Gasteiger charge is 2.25. The number of halogens is 1. The van der Waals surface area contributed by atoms with Crippen LogP contribution >= 0.6 is 11.6 Å². The number of amidine groups is 1. The molecule has 2 aromatic carbocycles. The van der Waals surface area contributed by atoms with Crippen LogP contribution in [-0.4, -0.2) is 36.4 Å². The van der Waals surface area contributed by atoms with Crippen molar-refractivity contribution >= 4 is 23.1 Å². The Kier molecular flexibility index (Phi) is 3.71. The molecule has 2 aliphatic rings.